The number of halogens is 1. The van der Waals surface area contributed by atoms with Crippen LogP contribution >= 0.6 is 11.6 Å². The number of hydrogen-bond acceptors (Lipinski definition) is 5. The molecule has 1 atom stereocenters. The molecule has 1 aromatic rings. The van der Waals surface area contributed by atoms with Crippen molar-refractivity contribution >= 4 is 17.4 Å². The van der Waals surface area contributed by atoms with Crippen LogP contribution in [0.5, 0.6) is 0 Å². The van der Waals surface area contributed by atoms with Crippen molar-refractivity contribution in [1.82, 2.24) is 4.98 Å². The van der Waals surface area contributed by atoms with Gasteiger partial charge in [-0.1, -0.05) is 11.6 Å². The van der Waals surface area contributed by atoms with Gasteiger partial charge in [-0.15, -0.1) is 0 Å². The van der Waals surface area contributed by atoms with Crippen LogP contribution in [0.15, 0.2) is 12.3 Å². The first-order valence-corrected chi connectivity index (χ1v) is 5.69. The predicted octanol–water partition coefficient (Wildman–Crippen LogP) is 1.27. The van der Waals surface area contributed by atoms with E-state index in [0.717, 1.165) is 5.56 Å². The van der Waals surface area contributed by atoms with Crippen molar-refractivity contribution in [2.45, 2.75) is 12.6 Å². The molecule has 0 aliphatic rings. The lowest BCUT2D eigenvalue weighted by molar-refractivity contribution is 0.0365. The highest BCUT2D eigenvalue weighted by Gasteiger charge is 2.08. The second kappa shape index (κ2) is 7.45. The van der Waals surface area contributed by atoms with Crippen LogP contribution in [0, 0.1) is 0 Å². The number of nitrogens with zero attached hydrogens (tertiary/aromatic N) is 1. The average Bonchev–Trinajstić information content (AvgIpc) is 2.35. The predicted molar refractivity (Wildman–Crippen MR) is 68.3 cm³/mol. The van der Waals surface area contributed by atoms with E-state index in [4.69, 9.17) is 26.8 Å². The standard InChI is InChI=1S/C11H18ClN3O2/c1-16-7-9(17-2)6-15-11-10(12)3-8(4-13)5-14-11/h3,5,9H,4,6-7,13H2,1-2H3,(H,14,15). The van der Waals surface area contributed by atoms with Gasteiger partial charge in [-0.05, 0) is 11.6 Å². The van der Waals surface area contributed by atoms with Crippen molar-refractivity contribution in [3.8, 4) is 0 Å². The quantitative estimate of drug-likeness (QED) is 0.772. The van der Waals surface area contributed by atoms with Gasteiger partial charge >= 0.3 is 0 Å². The number of aromatic nitrogens is 1. The van der Waals surface area contributed by atoms with Crippen LogP contribution in [-0.2, 0) is 16.0 Å². The number of nitrogens with two attached hydrogens (primary N) is 1. The Morgan fingerprint density at radius 3 is 2.82 bits per heavy atom. The highest BCUT2D eigenvalue weighted by molar-refractivity contribution is 6.32. The van der Waals surface area contributed by atoms with Crippen LogP contribution in [0.25, 0.3) is 0 Å². The summed E-state index contributed by atoms with van der Waals surface area (Å²) in [5.41, 5.74) is 6.40. The van der Waals surface area contributed by atoms with Crippen LogP contribution in [-0.4, -0.2) is 38.5 Å². The smallest absolute Gasteiger partial charge is 0.144 e. The fraction of sp³-hybridized carbons (Fsp3) is 0.545. The van der Waals surface area contributed by atoms with Crippen molar-refractivity contribution < 1.29 is 9.47 Å². The zero-order chi connectivity index (χ0) is 12.7. The molecule has 0 saturated carbocycles. The Morgan fingerprint density at radius 2 is 2.29 bits per heavy atom. The topological polar surface area (TPSA) is 69.4 Å². The summed E-state index contributed by atoms with van der Waals surface area (Å²) in [6.07, 6.45) is 1.67. The summed E-state index contributed by atoms with van der Waals surface area (Å²) in [4.78, 5) is 4.20. The van der Waals surface area contributed by atoms with E-state index < -0.39 is 0 Å². The molecule has 96 valence electrons. The van der Waals surface area contributed by atoms with Gasteiger partial charge in [-0.3, -0.25) is 0 Å². The summed E-state index contributed by atoms with van der Waals surface area (Å²) < 4.78 is 10.2. The molecule has 0 spiro atoms. The van der Waals surface area contributed by atoms with E-state index in [2.05, 4.69) is 10.3 Å². The van der Waals surface area contributed by atoms with E-state index in [9.17, 15) is 0 Å². The van der Waals surface area contributed by atoms with Crippen molar-refractivity contribution in [3.63, 3.8) is 0 Å². The molecule has 3 N–H and O–H groups in total. The summed E-state index contributed by atoms with van der Waals surface area (Å²) in [5, 5.41) is 3.67. The minimum absolute atomic E-state index is 0.0351. The molecular formula is C11H18ClN3O2. The number of methoxy groups -OCH3 is 2. The number of rotatable bonds is 7. The number of hydrogen-bond donors (Lipinski definition) is 2. The van der Waals surface area contributed by atoms with E-state index in [1.54, 1.807) is 26.5 Å². The van der Waals surface area contributed by atoms with Gasteiger partial charge in [-0.25, -0.2) is 4.98 Å². The van der Waals surface area contributed by atoms with E-state index >= 15 is 0 Å². The summed E-state index contributed by atoms with van der Waals surface area (Å²) in [7, 11) is 3.27. The van der Waals surface area contributed by atoms with Crippen molar-refractivity contribution in [2.75, 3.05) is 32.7 Å². The molecule has 0 amide bonds. The monoisotopic (exact) mass is 259 g/mol. The number of ether oxygens (including phenoxy) is 2. The molecule has 6 heteroatoms. The average molecular weight is 260 g/mol. The van der Waals surface area contributed by atoms with E-state index in [1.807, 2.05) is 0 Å². The molecule has 17 heavy (non-hydrogen) atoms. The third-order valence-electron chi connectivity index (χ3n) is 2.32. The van der Waals surface area contributed by atoms with Crippen molar-refractivity contribution in [1.29, 1.82) is 0 Å². The lowest BCUT2D eigenvalue weighted by atomic mass is 10.3. The second-order valence-corrected chi connectivity index (χ2v) is 3.98. The van der Waals surface area contributed by atoms with Crippen LogP contribution in [0.4, 0.5) is 5.82 Å². The Bertz CT molecular complexity index is 349. The van der Waals surface area contributed by atoms with Crippen LogP contribution in [0.2, 0.25) is 5.02 Å². The van der Waals surface area contributed by atoms with Gasteiger partial charge in [0.1, 0.15) is 5.82 Å². The fourth-order valence-electron chi connectivity index (χ4n) is 1.33. The van der Waals surface area contributed by atoms with Gasteiger partial charge in [0.2, 0.25) is 0 Å². The molecule has 5 nitrogen and oxygen atoms in total. The first kappa shape index (κ1) is 14.2. The number of anilines is 1. The molecular weight excluding hydrogens is 242 g/mol. The minimum Gasteiger partial charge on any atom is -0.382 e. The van der Waals surface area contributed by atoms with E-state index in [0.29, 0.717) is 30.5 Å². The van der Waals surface area contributed by atoms with E-state index in [-0.39, 0.29) is 6.10 Å². The zero-order valence-electron chi connectivity index (χ0n) is 10.1. The van der Waals surface area contributed by atoms with E-state index in [1.165, 1.54) is 0 Å². The highest BCUT2D eigenvalue weighted by Crippen LogP contribution is 2.19. The highest BCUT2D eigenvalue weighted by atomic mass is 35.5. The van der Waals surface area contributed by atoms with Crippen molar-refractivity contribution in [3.05, 3.63) is 22.8 Å². The van der Waals surface area contributed by atoms with Gasteiger partial charge in [0, 0.05) is 33.5 Å². The minimum atomic E-state index is -0.0351. The first-order chi connectivity index (χ1) is 8.21. The maximum atomic E-state index is 6.06. The summed E-state index contributed by atoms with van der Waals surface area (Å²) >= 11 is 6.06. The molecule has 1 heterocycles. The van der Waals surface area contributed by atoms with Crippen LogP contribution < -0.4 is 11.1 Å². The SMILES string of the molecule is COCC(CNc1ncc(CN)cc1Cl)OC. The van der Waals surface area contributed by atoms with Gasteiger partial charge < -0.3 is 20.5 Å². The second-order valence-electron chi connectivity index (χ2n) is 3.57. The Labute approximate surface area is 106 Å². The molecule has 0 saturated heterocycles. The van der Waals surface area contributed by atoms with Gasteiger partial charge in [0.15, 0.2) is 0 Å². The van der Waals surface area contributed by atoms with Gasteiger partial charge in [0.25, 0.3) is 0 Å². The summed E-state index contributed by atoms with van der Waals surface area (Å²) in [6, 6.07) is 1.80. The Balaban J connectivity index is 2.56. The Morgan fingerprint density at radius 1 is 1.53 bits per heavy atom. The maximum absolute atomic E-state index is 6.06. The summed E-state index contributed by atoms with van der Waals surface area (Å²) in [5.74, 6) is 0.627. The van der Waals surface area contributed by atoms with Gasteiger partial charge in [-0.2, -0.15) is 0 Å². The normalized spacial score (nSPS) is 12.5. The number of nitrogens with one attached hydrogen (secondary N) is 1. The molecule has 0 fully saturated rings. The largest absolute Gasteiger partial charge is 0.382 e. The molecule has 0 radical (unpaired) electrons. The van der Waals surface area contributed by atoms with Crippen LogP contribution in [0.3, 0.4) is 0 Å². The lowest BCUT2D eigenvalue weighted by Gasteiger charge is -2.16. The molecule has 0 bridgehead atoms. The Kier molecular flexibility index (Phi) is 6.21. The zero-order valence-corrected chi connectivity index (χ0v) is 10.8. The third-order valence-corrected chi connectivity index (χ3v) is 2.60. The Hall–Kier alpha value is -0.880. The molecule has 0 aromatic carbocycles. The summed E-state index contributed by atoms with van der Waals surface area (Å²) in [6.45, 7) is 1.53. The van der Waals surface area contributed by atoms with Crippen LogP contribution in [0.1, 0.15) is 5.56 Å². The fourth-order valence-corrected chi connectivity index (χ4v) is 1.58. The maximum Gasteiger partial charge on any atom is 0.144 e. The van der Waals surface area contributed by atoms with Gasteiger partial charge in [0.05, 0.1) is 17.7 Å². The van der Waals surface area contributed by atoms with Crippen molar-refractivity contribution in [2.24, 2.45) is 5.73 Å². The molecule has 1 rings (SSSR count). The lowest BCUT2D eigenvalue weighted by Crippen LogP contribution is -2.27. The molecule has 1 unspecified atom stereocenters. The molecule has 0 aliphatic heterocycles. The number of pyridine rings is 1. The first-order valence-electron chi connectivity index (χ1n) is 5.31. The molecule has 0 aliphatic carbocycles. The molecule has 1 aromatic heterocycles. The third kappa shape index (κ3) is 4.47.